The fourth-order valence-corrected chi connectivity index (χ4v) is 7.38. The van der Waals surface area contributed by atoms with Gasteiger partial charge in [0.1, 0.15) is 12.6 Å². The van der Waals surface area contributed by atoms with Crippen molar-refractivity contribution in [3.8, 4) is 11.5 Å². The van der Waals surface area contributed by atoms with E-state index in [0.29, 0.717) is 21.4 Å². The molecule has 1 unspecified atom stereocenters. The Hall–Kier alpha value is -4.25. The second-order valence-electron chi connectivity index (χ2n) is 12.0. The second kappa shape index (κ2) is 16.4. The lowest BCUT2D eigenvalue weighted by atomic mass is 10.0. The molecule has 0 aliphatic carbocycles. The smallest absolute Gasteiger partial charge is 0.264 e. The summed E-state index contributed by atoms with van der Waals surface area (Å²) in [6.07, 6.45) is 0.169. The van der Waals surface area contributed by atoms with Gasteiger partial charge in [-0.25, -0.2) is 8.42 Å². The fraction of sp³-hybridized carbons (Fsp3) is 0.297. The molecule has 1 atom stereocenters. The van der Waals surface area contributed by atoms with Crippen LogP contribution in [0.25, 0.3) is 0 Å². The highest BCUT2D eigenvalue weighted by molar-refractivity contribution is 7.92. The zero-order valence-electron chi connectivity index (χ0n) is 28.4. The number of nitrogens with one attached hydrogen (secondary N) is 1. The number of ether oxygens (including phenoxy) is 2. The Morgan fingerprint density at radius 3 is 2.08 bits per heavy atom. The Morgan fingerprint density at radius 2 is 1.49 bits per heavy atom. The highest BCUT2D eigenvalue weighted by atomic mass is 35.5. The van der Waals surface area contributed by atoms with Crippen molar-refractivity contribution in [2.75, 3.05) is 25.1 Å². The van der Waals surface area contributed by atoms with Gasteiger partial charge in [-0.05, 0) is 86.3 Å². The molecule has 260 valence electrons. The van der Waals surface area contributed by atoms with Crippen molar-refractivity contribution in [2.24, 2.45) is 0 Å². The van der Waals surface area contributed by atoms with Gasteiger partial charge in [0, 0.05) is 35.1 Å². The molecule has 0 bridgehead atoms. The monoisotopic (exact) mass is 725 g/mol. The maximum Gasteiger partial charge on any atom is 0.264 e. The number of rotatable bonds is 14. The Morgan fingerprint density at radius 1 is 0.837 bits per heavy atom. The molecule has 2 amide bonds. The van der Waals surface area contributed by atoms with Crippen molar-refractivity contribution in [3.05, 3.63) is 117 Å². The number of amides is 2. The number of carbonyl (C=O) groups excluding carboxylic acids is 2. The van der Waals surface area contributed by atoms with Crippen LogP contribution in [0.1, 0.15) is 36.1 Å². The quantitative estimate of drug-likeness (QED) is 0.150. The molecule has 4 aromatic carbocycles. The van der Waals surface area contributed by atoms with E-state index < -0.39 is 34.4 Å². The van der Waals surface area contributed by atoms with Crippen molar-refractivity contribution in [2.45, 2.75) is 57.6 Å². The first-order valence-corrected chi connectivity index (χ1v) is 17.8. The predicted molar refractivity (Wildman–Crippen MR) is 194 cm³/mol. The van der Waals surface area contributed by atoms with Crippen LogP contribution in [0.15, 0.2) is 89.8 Å². The summed E-state index contributed by atoms with van der Waals surface area (Å²) in [5.74, 6) is -0.448. The molecular formula is C37H41Cl2N3O6S. The first-order chi connectivity index (χ1) is 23.2. The van der Waals surface area contributed by atoms with Crippen LogP contribution in [-0.2, 0) is 32.6 Å². The molecule has 4 aromatic rings. The molecule has 0 aliphatic heterocycles. The molecule has 49 heavy (non-hydrogen) atoms. The van der Waals surface area contributed by atoms with Crippen molar-refractivity contribution >= 4 is 50.7 Å². The van der Waals surface area contributed by atoms with Gasteiger partial charge in [0.2, 0.25) is 11.8 Å². The van der Waals surface area contributed by atoms with Crippen LogP contribution < -0.4 is 19.1 Å². The lowest BCUT2D eigenvalue weighted by Crippen LogP contribution is -2.54. The average molecular weight is 727 g/mol. The average Bonchev–Trinajstić information content (AvgIpc) is 3.05. The summed E-state index contributed by atoms with van der Waals surface area (Å²) in [4.78, 5) is 29.9. The minimum absolute atomic E-state index is 0.0884. The highest BCUT2D eigenvalue weighted by Gasteiger charge is 2.35. The Balaban J connectivity index is 1.87. The Bertz CT molecular complexity index is 1880. The molecule has 0 spiro atoms. The number of anilines is 1. The van der Waals surface area contributed by atoms with Gasteiger partial charge in [0.25, 0.3) is 10.0 Å². The largest absolute Gasteiger partial charge is 0.493 e. The van der Waals surface area contributed by atoms with Gasteiger partial charge in [-0.3, -0.25) is 13.9 Å². The maximum absolute atomic E-state index is 14.7. The van der Waals surface area contributed by atoms with E-state index in [0.717, 1.165) is 21.0 Å². The van der Waals surface area contributed by atoms with Crippen LogP contribution in [0.5, 0.6) is 11.5 Å². The summed E-state index contributed by atoms with van der Waals surface area (Å²) in [5, 5.41) is 3.66. The zero-order valence-corrected chi connectivity index (χ0v) is 30.7. The van der Waals surface area contributed by atoms with Gasteiger partial charge in [0.05, 0.1) is 24.8 Å². The number of hydrogen-bond acceptors (Lipinski definition) is 6. The standard InChI is InChI=1S/C37H41Cl2N3O6S/c1-24(2)40-37(44)33(19-27-10-8-7-9-11-27)41(22-28-12-13-29(38)20-32(28)39)36(43)23-42(30-17-25(3)16-26(4)18-30)49(45,46)31-14-15-34(47-5)35(21-31)48-6/h7-18,20-21,24,33H,19,22-23H2,1-6H3,(H,40,44). The van der Waals surface area contributed by atoms with Crippen molar-refractivity contribution in [1.82, 2.24) is 10.2 Å². The SMILES string of the molecule is COc1ccc(S(=O)(=O)N(CC(=O)N(Cc2ccc(Cl)cc2Cl)C(Cc2ccccc2)C(=O)NC(C)C)c2cc(C)cc(C)c2)cc1OC. The number of methoxy groups -OCH3 is 2. The van der Waals surface area contributed by atoms with Crippen molar-refractivity contribution < 1.29 is 27.5 Å². The topological polar surface area (TPSA) is 105 Å². The van der Waals surface area contributed by atoms with Crippen LogP contribution in [0.2, 0.25) is 10.0 Å². The first kappa shape index (κ1) is 37.6. The fourth-order valence-electron chi connectivity index (χ4n) is 5.50. The van der Waals surface area contributed by atoms with E-state index in [1.165, 1.54) is 37.3 Å². The molecule has 0 saturated heterocycles. The molecule has 0 saturated carbocycles. The number of benzene rings is 4. The van der Waals surface area contributed by atoms with Gasteiger partial charge in [0.15, 0.2) is 11.5 Å². The van der Waals surface area contributed by atoms with Crippen LogP contribution in [0.4, 0.5) is 5.69 Å². The number of hydrogen-bond donors (Lipinski definition) is 1. The summed E-state index contributed by atoms with van der Waals surface area (Å²) in [7, 11) is -1.51. The lowest BCUT2D eigenvalue weighted by Gasteiger charge is -2.34. The molecule has 0 fully saturated rings. The summed E-state index contributed by atoms with van der Waals surface area (Å²) < 4.78 is 40.8. The second-order valence-corrected chi connectivity index (χ2v) is 14.7. The third kappa shape index (κ3) is 9.47. The van der Waals surface area contributed by atoms with Gasteiger partial charge in [-0.2, -0.15) is 0 Å². The first-order valence-electron chi connectivity index (χ1n) is 15.6. The zero-order chi connectivity index (χ0) is 35.9. The van der Waals surface area contributed by atoms with E-state index in [9.17, 15) is 18.0 Å². The Labute approximate surface area is 298 Å². The van der Waals surface area contributed by atoms with Gasteiger partial charge < -0.3 is 19.7 Å². The summed E-state index contributed by atoms with van der Waals surface area (Å²) >= 11 is 12.8. The number of carbonyl (C=O) groups is 2. The van der Waals surface area contributed by atoms with Crippen molar-refractivity contribution in [3.63, 3.8) is 0 Å². The van der Waals surface area contributed by atoms with E-state index in [-0.39, 0.29) is 35.3 Å². The number of sulfonamides is 1. The van der Waals surface area contributed by atoms with E-state index in [2.05, 4.69) is 5.32 Å². The van der Waals surface area contributed by atoms with Crippen LogP contribution in [0.3, 0.4) is 0 Å². The van der Waals surface area contributed by atoms with Gasteiger partial charge >= 0.3 is 0 Å². The summed E-state index contributed by atoms with van der Waals surface area (Å²) in [5.41, 5.74) is 3.25. The highest BCUT2D eigenvalue weighted by Crippen LogP contribution is 2.33. The molecule has 0 radical (unpaired) electrons. The number of aryl methyl sites for hydroxylation is 2. The Kier molecular flexibility index (Phi) is 12.6. The normalized spacial score (nSPS) is 11.9. The van der Waals surface area contributed by atoms with E-state index in [1.807, 2.05) is 64.1 Å². The van der Waals surface area contributed by atoms with Crippen molar-refractivity contribution in [1.29, 1.82) is 0 Å². The number of nitrogens with zero attached hydrogens (tertiary/aromatic N) is 2. The third-order valence-electron chi connectivity index (χ3n) is 7.77. The summed E-state index contributed by atoms with van der Waals surface area (Å²) in [6, 6.07) is 22.5. The third-order valence-corrected chi connectivity index (χ3v) is 10.1. The minimum Gasteiger partial charge on any atom is -0.493 e. The summed E-state index contributed by atoms with van der Waals surface area (Å²) in [6.45, 7) is 6.65. The van der Waals surface area contributed by atoms with Crippen LogP contribution >= 0.6 is 23.2 Å². The molecule has 0 heterocycles. The lowest BCUT2D eigenvalue weighted by molar-refractivity contribution is -0.140. The molecule has 4 rings (SSSR count). The van der Waals surface area contributed by atoms with Crippen LogP contribution in [-0.4, -0.2) is 58.0 Å². The van der Waals surface area contributed by atoms with E-state index in [4.69, 9.17) is 32.7 Å². The molecular weight excluding hydrogens is 685 g/mol. The van der Waals surface area contributed by atoms with Crippen LogP contribution in [0, 0.1) is 13.8 Å². The molecule has 9 nitrogen and oxygen atoms in total. The molecule has 12 heteroatoms. The van der Waals surface area contributed by atoms with E-state index >= 15 is 0 Å². The van der Waals surface area contributed by atoms with Gasteiger partial charge in [-0.15, -0.1) is 0 Å². The van der Waals surface area contributed by atoms with E-state index in [1.54, 1.807) is 30.3 Å². The molecule has 0 aromatic heterocycles. The predicted octanol–water partition coefficient (Wildman–Crippen LogP) is 6.99. The molecule has 1 N–H and O–H groups in total. The maximum atomic E-state index is 14.7. The minimum atomic E-state index is -4.38. The van der Waals surface area contributed by atoms with Gasteiger partial charge in [-0.1, -0.05) is 65.7 Å². The number of halogens is 2. The molecule has 0 aliphatic rings.